The van der Waals surface area contributed by atoms with Crippen LogP contribution in [0, 0.1) is 0 Å². The van der Waals surface area contributed by atoms with E-state index in [9.17, 15) is 4.79 Å². The van der Waals surface area contributed by atoms with Crippen molar-refractivity contribution in [3.63, 3.8) is 0 Å². The molecule has 0 aliphatic rings. The van der Waals surface area contributed by atoms with Crippen molar-refractivity contribution in [2.45, 2.75) is 6.54 Å². The second-order valence-corrected chi connectivity index (χ2v) is 5.01. The molecule has 3 N–H and O–H groups in total. The molecule has 2 rings (SSSR count). The average Bonchev–Trinajstić information content (AvgIpc) is 2.47. The maximum atomic E-state index is 11.7. The van der Waals surface area contributed by atoms with Gasteiger partial charge in [-0.15, -0.1) is 0 Å². The van der Waals surface area contributed by atoms with Gasteiger partial charge in [-0.25, -0.2) is 0 Å². The Balaban J connectivity index is 1.90. The summed E-state index contributed by atoms with van der Waals surface area (Å²) in [6, 6.07) is 14.7. The van der Waals surface area contributed by atoms with Crippen molar-refractivity contribution in [2.75, 3.05) is 11.9 Å². The summed E-state index contributed by atoms with van der Waals surface area (Å²) in [5, 5.41) is 2.75. The number of rotatable bonds is 5. The van der Waals surface area contributed by atoms with Crippen LogP contribution < -0.4 is 15.8 Å². The third-order valence-corrected chi connectivity index (χ3v) is 3.44. The molecule has 1 amide bonds. The molecule has 0 aromatic heterocycles. The van der Waals surface area contributed by atoms with E-state index in [1.54, 1.807) is 6.07 Å². The lowest BCUT2D eigenvalue weighted by Gasteiger charge is -2.09. The van der Waals surface area contributed by atoms with Gasteiger partial charge in [0, 0.05) is 16.7 Å². The molecule has 4 nitrogen and oxygen atoms in total. The summed E-state index contributed by atoms with van der Waals surface area (Å²) in [7, 11) is 0. The average molecular weight is 335 g/mol. The van der Waals surface area contributed by atoms with Crippen LogP contribution >= 0.6 is 15.9 Å². The maximum absolute atomic E-state index is 11.7. The maximum Gasteiger partial charge on any atom is 0.262 e. The Labute approximate surface area is 126 Å². The molecule has 0 atom stereocenters. The molecule has 0 bridgehead atoms. The van der Waals surface area contributed by atoms with Crippen molar-refractivity contribution < 1.29 is 9.53 Å². The lowest BCUT2D eigenvalue weighted by Crippen LogP contribution is -2.20. The van der Waals surface area contributed by atoms with E-state index in [1.165, 1.54) is 0 Å². The van der Waals surface area contributed by atoms with E-state index >= 15 is 0 Å². The third-order valence-electron chi connectivity index (χ3n) is 2.66. The quantitative estimate of drug-likeness (QED) is 0.883. The summed E-state index contributed by atoms with van der Waals surface area (Å²) >= 11 is 3.40. The van der Waals surface area contributed by atoms with Crippen LogP contribution in [0.2, 0.25) is 0 Å². The number of hydrogen-bond acceptors (Lipinski definition) is 3. The second-order valence-electron chi connectivity index (χ2n) is 4.16. The zero-order chi connectivity index (χ0) is 14.4. The van der Waals surface area contributed by atoms with Gasteiger partial charge in [0.25, 0.3) is 5.91 Å². The monoisotopic (exact) mass is 334 g/mol. The van der Waals surface area contributed by atoms with E-state index in [4.69, 9.17) is 10.5 Å². The predicted octanol–water partition coefficient (Wildman–Crippen LogP) is 2.93. The molecule has 20 heavy (non-hydrogen) atoms. The van der Waals surface area contributed by atoms with Gasteiger partial charge in [0.05, 0.1) is 0 Å². The van der Waals surface area contributed by atoms with Gasteiger partial charge in [0.15, 0.2) is 6.61 Å². The zero-order valence-electron chi connectivity index (χ0n) is 10.8. The minimum Gasteiger partial charge on any atom is -0.484 e. The largest absolute Gasteiger partial charge is 0.484 e. The molecule has 5 heteroatoms. The Morgan fingerprint density at radius 3 is 2.65 bits per heavy atom. The Kier molecular flexibility index (Phi) is 5.15. The first kappa shape index (κ1) is 14.6. The first-order chi connectivity index (χ1) is 9.69. The van der Waals surface area contributed by atoms with Crippen LogP contribution in [0.15, 0.2) is 53.0 Å². The fourth-order valence-electron chi connectivity index (χ4n) is 1.66. The standard InChI is InChI=1S/C15H15BrN2O2/c16-14-7-6-13(8-11(14)9-17)20-10-15(19)18-12-4-2-1-3-5-12/h1-8H,9-10,17H2,(H,18,19). The SMILES string of the molecule is NCc1cc(OCC(=O)Nc2ccccc2)ccc1Br. The molecule has 0 fully saturated rings. The molecule has 0 radical (unpaired) electrons. The normalized spacial score (nSPS) is 10.1. The van der Waals surface area contributed by atoms with Gasteiger partial charge in [-0.1, -0.05) is 34.1 Å². The van der Waals surface area contributed by atoms with Crippen molar-refractivity contribution in [3.05, 3.63) is 58.6 Å². The van der Waals surface area contributed by atoms with E-state index in [0.29, 0.717) is 12.3 Å². The molecule has 0 aliphatic carbocycles. The fraction of sp³-hybridized carbons (Fsp3) is 0.133. The lowest BCUT2D eigenvalue weighted by atomic mass is 10.2. The number of carbonyl (C=O) groups excluding carboxylic acids is 1. The van der Waals surface area contributed by atoms with Crippen molar-refractivity contribution in [1.29, 1.82) is 0 Å². The van der Waals surface area contributed by atoms with Crippen LogP contribution in [0.4, 0.5) is 5.69 Å². The van der Waals surface area contributed by atoms with Crippen molar-refractivity contribution in [1.82, 2.24) is 0 Å². The first-order valence-corrected chi connectivity index (χ1v) is 6.94. The summed E-state index contributed by atoms with van der Waals surface area (Å²) < 4.78 is 6.38. The summed E-state index contributed by atoms with van der Waals surface area (Å²) in [6.07, 6.45) is 0. The topological polar surface area (TPSA) is 64.3 Å². The lowest BCUT2D eigenvalue weighted by molar-refractivity contribution is -0.118. The molecule has 2 aromatic carbocycles. The number of amides is 1. The molecule has 104 valence electrons. The summed E-state index contributed by atoms with van der Waals surface area (Å²) in [4.78, 5) is 11.7. The smallest absolute Gasteiger partial charge is 0.262 e. The van der Waals surface area contributed by atoms with Gasteiger partial charge < -0.3 is 15.8 Å². The van der Waals surface area contributed by atoms with Crippen LogP contribution in [0.1, 0.15) is 5.56 Å². The first-order valence-electron chi connectivity index (χ1n) is 6.15. The van der Waals surface area contributed by atoms with Crippen LogP contribution in [-0.4, -0.2) is 12.5 Å². The van der Waals surface area contributed by atoms with Gasteiger partial charge >= 0.3 is 0 Å². The van der Waals surface area contributed by atoms with Gasteiger partial charge in [-0.05, 0) is 35.9 Å². The number of halogens is 1. The highest BCUT2D eigenvalue weighted by molar-refractivity contribution is 9.10. The van der Waals surface area contributed by atoms with E-state index in [2.05, 4.69) is 21.2 Å². The highest BCUT2D eigenvalue weighted by Crippen LogP contribution is 2.22. The number of anilines is 1. The van der Waals surface area contributed by atoms with Crippen molar-refractivity contribution >= 4 is 27.5 Å². The summed E-state index contributed by atoms with van der Waals surface area (Å²) in [6.45, 7) is 0.370. The number of nitrogens with one attached hydrogen (secondary N) is 1. The Morgan fingerprint density at radius 2 is 1.95 bits per heavy atom. The highest BCUT2D eigenvalue weighted by atomic mass is 79.9. The summed E-state index contributed by atoms with van der Waals surface area (Å²) in [5.41, 5.74) is 7.30. The van der Waals surface area contributed by atoms with Crippen LogP contribution in [0.5, 0.6) is 5.75 Å². The molecular formula is C15H15BrN2O2. The molecule has 0 aliphatic heterocycles. The van der Waals surface area contributed by atoms with Crippen molar-refractivity contribution in [2.24, 2.45) is 5.73 Å². The predicted molar refractivity (Wildman–Crippen MR) is 82.6 cm³/mol. The van der Waals surface area contributed by atoms with E-state index in [0.717, 1.165) is 15.7 Å². The fourth-order valence-corrected chi connectivity index (χ4v) is 2.07. The van der Waals surface area contributed by atoms with Crippen molar-refractivity contribution in [3.8, 4) is 5.75 Å². The van der Waals surface area contributed by atoms with E-state index in [1.807, 2.05) is 42.5 Å². The number of nitrogens with two attached hydrogens (primary N) is 1. The van der Waals surface area contributed by atoms with Gasteiger partial charge in [-0.2, -0.15) is 0 Å². The Bertz CT molecular complexity index is 588. The van der Waals surface area contributed by atoms with Gasteiger partial charge in [0.2, 0.25) is 0 Å². The third kappa shape index (κ3) is 4.08. The summed E-state index contributed by atoms with van der Waals surface area (Å²) in [5.74, 6) is 0.422. The molecule has 0 saturated heterocycles. The minimum absolute atomic E-state index is 0.0411. The molecule has 0 heterocycles. The number of ether oxygens (including phenoxy) is 1. The zero-order valence-corrected chi connectivity index (χ0v) is 12.4. The second kappa shape index (κ2) is 7.07. The van der Waals surface area contributed by atoms with Crippen LogP contribution in [-0.2, 0) is 11.3 Å². The number of carbonyl (C=O) groups is 1. The highest BCUT2D eigenvalue weighted by Gasteiger charge is 2.05. The molecule has 0 saturated carbocycles. The van der Waals surface area contributed by atoms with Crippen LogP contribution in [0.25, 0.3) is 0 Å². The molecule has 2 aromatic rings. The minimum atomic E-state index is -0.201. The Morgan fingerprint density at radius 1 is 1.20 bits per heavy atom. The Hall–Kier alpha value is -1.85. The molecular weight excluding hydrogens is 320 g/mol. The molecule has 0 unspecified atom stereocenters. The number of para-hydroxylation sites is 1. The molecule has 0 spiro atoms. The number of hydrogen-bond donors (Lipinski definition) is 2. The van der Waals surface area contributed by atoms with E-state index in [-0.39, 0.29) is 12.5 Å². The van der Waals surface area contributed by atoms with E-state index < -0.39 is 0 Å². The van der Waals surface area contributed by atoms with Crippen LogP contribution in [0.3, 0.4) is 0 Å². The van der Waals surface area contributed by atoms with Gasteiger partial charge in [0.1, 0.15) is 5.75 Å². The number of benzene rings is 2. The van der Waals surface area contributed by atoms with Gasteiger partial charge in [-0.3, -0.25) is 4.79 Å².